The van der Waals surface area contributed by atoms with Crippen molar-refractivity contribution in [3.05, 3.63) is 23.2 Å². The Morgan fingerprint density at radius 1 is 1.47 bits per heavy atom. The molecule has 1 aromatic carbocycles. The third kappa shape index (κ3) is 3.61. The first-order chi connectivity index (χ1) is 9.02. The van der Waals surface area contributed by atoms with Gasteiger partial charge in [-0.15, -0.1) is 0 Å². The summed E-state index contributed by atoms with van der Waals surface area (Å²) in [5.41, 5.74) is 6.40. The molecule has 104 valence electrons. The van der Waals surface area contributed by atoms with Crippen LogP contribution in [0.4, 0.5) is 5.69 Å². The van der Waals surface area contributed by atoms with E-state index in [2.05, 4.69) is 5.32 Å². The van der Waals surface area contributed by atoms with Crippen molar-refractivity contribution in [3.8, 4) is 5.75 Å². The fourth-order valence-electron chi connectivity index (χ4n) is 2.50. The van der Waals surface area contributed by atoms with Gasteiger partial charge in [0, 0.05) is 18.0 Å². The normalized spacial score (nSPS) is 17.2. The summed E-state index contributed by atoms with van der Waals surface area (Å²) in [6.45, 7) is 0. The molecule has 0 heterocycles. The van der Waals surface area contributed by atoms with E-state index in [0.29, 0.717) is 22.9 Å². The summed E-state index contributed by atoms with van der Waals surface area (Å²) >= 11 is 6.05. The molecule has 1 amide bonds. The number of carbonyl (C=O) groups excluding carboxylic acids is 1. The molecule has 0 unspecified atom stereocenters. The maximum Gasteiger partial charge on any atom is 0.226 e. The van der Waals surface area contributed by atoms with Crippen LogP contribution in [0, 0.1) is 0 Å². The first-order valence-electron chi connectivity index (χ1n) is 6.45. The van der Waals surface area contributed by atoms with E-state index in [0.717, 1.165) is 25.7 Å². The lowest BCUT2D eigenvalue weighted by Gasteiger charge is -2.22. The van der Waals surface area contributed by atoms with Gasteiger partial charge in [-0.1, -0.05) is 24.4 Å². The topological polar surface area (TPSA) is 64.3 Å². The summed E-state index contributed by atoms with van der Waals surface area (Å²) in [6, 6.07) is 5.15. The number of hydrogen-bond donors (Lipinski definition) is 2. The molecule has 4 nitrogen and oxygen atoms in total. The number of methoxy groups -OCH3 is 1. The smallest absolute Gasteiger partial charge is 0.226 e. The Morgan fingerprint density at radius 2 is 2.16 bits per heavy atom. The maximum atomic E-state index is 12.0. The molecule has 0 aliphatic heterocycles. The monoisotopic (exact) mass is 282 g/mol. The van der Waals surface area contributed by atoms with Crippen molar-refractivity contribution in [2.45, 2.75) is 37.6 Å². The molecule has 0 saturated heterocycles. The maximum absolute atomic E-state index is 12.0. The van der Waals surface area contributed by atoms with Gasteiger partial charge in [-0.05, 0) is 25.0 Å². The number of benzene rings is 1. The average Bonchev–Trinajstić information content (AvgIpc) is 2.78. The minimum atomic E-state index is -0.352. The zero-order chi connectivity index (χ0) is 13.9. The second-order valence-electron chi connectivity index (χ2n) is 5.14. The summed E-state index contributed by atoms with van der Waals surface area (Å²) < 4.78 is 5.11. The van der Waals surface area contributed by atoms with E-state index in [1.807, 2.05) is 0 Å². The van der Waals surface area contributed by atoms with E-state index in [-0.39, 0.29) is 11.4 Å². The fraction of sp³-hybridized carbons (Fsp3) is 0.500. The number of halogens is 1. The predicted molar refractivity (Wildman–Crippen MR) is 76.6 cm³/mol. The van der Waals surface area contributed by atoms with Crippen LogP contribution in [0.2, 0.25) is 5.02 Å². The van der Waals surface area contributed by atoms with Crippen LogP contribution in [0.1, 0.15) is 32.1 Å². The second kappa shape index (κ2) is 5.80. The lowest BCUT2D eigenvalue weighted by atomic mass is 9.94. The van der Waals surface area contributed by atoms with Gasteiger partial charge in [-0.3, -0.25) is 4.79 Å². The molecule has 0 bridgehead atoms. The largest absolute Gasteiger partial charge is 0.497 e. The van der Waals surface area contributed by atoms with Crippen molar-refractivity contribution in [2.24, 2.45) is 5.73 Å². The molecule has 1 aromatic rings. The number of carbonyl (C=O) groups is 1. The number of rotatable bonds is 4. The molecular formula is C14H19ClN2O2. The van der Waals surface area contributed by atoms with Crippen LogP contribution in [0.15, 0.2) is 18.2 Å². The molecule has 1 aliphatic rings. The molecule has 0 atom stereocenters. The molecule has 0 aromatic heterocycles. The Kier molecular flexibility index (Phi) is 4.32. The summed E-state index contributed by atoms with van der Waals surface area (Å²) in [4.78, 5) is 12.0. The van der Waals surface area contributed by atoms with Crippen molar-refractivity contribution < 1.29 is 9.53 Å². The molecular weight excluding hydrogens is 264 g/mol. The molecule has 0 spiro atoms. The molecule has 0 radical (unpaired) electrons. The zero-order valence-electron chi connectivity index (χ0n) is 11.0. The highest BCUT2D eigenvalue weighted by atomic mass is 35.5. The highest BCUT2D eigenvalue weighted by Crippen LogP contribution is 2.31. The highest BCUT2D eigenvalue weighted by molar-refractivity contribution is 6.33. The van der Waals surface area contributed by atoms with Gasteiger partial charge in [0.1, 0.15) is 5.75 Å². The zero-order valence-corrected chi connectivity index (χ0v) is 11.8. The fourth-order valence-corrected chi connectivity index (χ4v) is 2.66. The van der Waals surface area contributed by atoms with E-state index < -0.39 is 0 Å². The summed E-state index contributed by atoms with van der Waals surface area (Å²) in [5.74, 6) is 0.558. The van der Waals surface area contributed by atoms with Crippen LogP contribution < -0.4 is 15.8 Å². The van der Waals surface area contributed by atoms with Gasteiger partial charge in [-0.2, -0.15) is 0 Å². The Bertz CT molecular complexity index is 471. The first kappa shape index (κ1) is 14.2. The van der Waals surface area contributed by atoms with Crippen molar-refractivity contribution >= 4 is 23.2 Å². The van der Waals surface area contributed by atoms with Crippen molar-refractivity contribution in [2.75, 3.05) is 12.4 Å². The predicted octanol–water partition coefficient (Wildman–Crippen LogP) is 2.95. The SMILES string of the molecule is COc1ccc(Cl)c(NC(=O)CC2(N)CCCC2)c1. The van der Waals surface area contributed by atoms with E-state index in [4.69, 9.17) is 22.1 Å². The standard InChI is InChI=1S/C14H19ClN2O2/c1-19-10-4-5-11(15)12(8-10)17-13(18)9-14(16)6-2-3-7-14/h4-5,8H,2-3,6-7,9,16H2,1H3,(H,17,18). The second-order valence-corrected chi connectivity index (χ2v) is 5.55. The van der Waals surface area contributed by atoms with Crippen molar-refractivity contribution in [1.82, 2.24) is 0 Å². The number of nitrogens with one attached hydrogen (secondary N) is 1. The van der Waals surface area contributed by atoms with Crippen LogP contribution >= 0.6 is 11.6 Å². The first-order valence-corrected chi connectivity index (χ1v) is 6.82. The van der Waals surface area contributed by atoms with E-state index in [9.17, 15) is 4.79 Å². The average molecular weight is 283 g/mol. The van der Waals surface area contributed by atoms with Gasteiger partial charge in [0.15, 0.2) is 0 Å². The van der Waals surface area contributed by atoms with Gasteiger partial charge in [0.05, 0.1) is 17.8 Å². The molecule has 19 heavy (non-hydrogen) atoms. The lowest BCUT2D eigenvalue weighted by Crippen LogP contribution is -2.40. The van der Waals surface area contributed by atoms with Gasteiger partial charge in [0.25, 0.3) is 0 Å². The van der Waals surface area contributed by atoms with Crippen molar-refractivity contribution in [1.29, 1.82) is 0 Å². The third-order valence-electron chi connectivity index (χ3n) is 3.56. The molecule has 3 N–H and O–H groups in total. The number of hydrogen-bond acceptors (Lipinski definition) is 3. The molecule has 1 fully saturated rings. The van der Waals surface area contributed by atoms with E-state index >= 15 is 0 Å². The summed E-state index contributed by atoms with van der Waals surface area (Å²) in [5, 5.41) is 3.30. The molecule has 5 heteroatoms. The quantitative estimate of drug-likeness (QED) is 0.892. The van der Waals surface area contributed by atoms with Gasteiger partial charge in [0.2, 0.25) is 5.91 Å². The van der Waals surface area contributed by atoms with Gasteiger partial charge >= 0.3 is 0 Å². The van der Waals surface area contributed by atoms with E-state index in [1.54, 1.807) is 25.3 Å². The lowest BCUT2D eigenvalue weighted by molar-refractivity contribution is -0.117. The number of ether oxygens (including phenoxy) is 1. The Hall–Kier alpha value is -1.26. The minimum absolute atomic E-state index is 0.0976. The van der Waals surface area contributed by atoms with Crippen molar-refractivity contribution in [3.63, 3.8) is 0 Å². The molecule has 1 aliphatic carbocycles. The third-order valence-corrected chi connectivity index (χ3v) is 3.89. The Morgan fingerprint density at radius 3 is 2.79 bits per heavy atom. The number of anilines is 1. The van der Waals surface area contributed by atoms with Crippen LogP contribution in [-0.2, 0) is 4.79 Å². The summed E-state index contributed by atoms with van der Waals surface area (Å²) in [6.07, 6.45) is 4.35. The van der Waals surface area contributed by atoms with E-state index in [1.165, 1.54) is 0 Å². The molecule has 1 saturated carbocycles. The van der Waals surface area contributed by atoms with Crippen LogP contribution in [0.5, 0.6) is 5.75 Å². The number of nitrogens with two attached hydrogens (primary N) is 1. The molecule has 2 rings (SSSR count). The summed E-state index contributed by atoms with van der Waals surface area (Å²) in [7, 11) is 1.57. The minimum Gasteiger partial charge on any atom is -0.497 e. The van der Waals surface area contributed by atoms with Crippen LogP contribution in [-0.4, -0.2) is 18.6 Å². The Balaban J connectivity index is 2.02. The number of amides is 1. The van der Waals surface area contributed by atoms with Crippen LogP contribution in [0.3, 0.4) is 0 Å². The Labute approximate surface area is 118 Å². The van der Waals surface area contributed by atoms with Gasteiger partial charge in [-0.25, -0.2) is 0 Å². The van der Waals surface area contributed by atoms with Gasteiger partial charge < -0.3 is 15.8 Å². The highest BCUT2D eigenvalue weighted by Gasteiger charge is 2.31. The van der Waals surface area contributed by atoms with Crippen LogP contribution in [0.25, 0.3) is 0 Å².